The summed E-state index contributed by atoms with van der Waals surface area (Å²) < 4.78 is 5.77. The summed E-state index contributed by atoms with van der Waals surface area (Å²) in [5, 5.41) is 8.01. The van der Waals surface area contributed by atoms with E-state index in [-0.39, 0.29) is 0 Å². The van der Waals surface area contributed by atoms with Crippen molar-refractivity contribution in [1.82, 2.24) is 10.5 Å². The first-order valence-electron chi connectivity index (χ1n) is 8.02. The SMILES string of the molecule is c1ccc(-c2noc(N3CCSCC3)c2CNC2CC2)cc1. The standard InChI is InChI=1S/C17H21N3OS/c1-2-4-13(5-3-1)16-15(12-18-14-6-7-14)17(21-19-16)20-8-10-22-11-9-20/h1-5,14,18H,6-12H2. The van der Waals surface area contributed by atoms with Gasteiger partial charge in [0, 0.05) is 42.7 Å². The Labute approximate surface area is 135 Å². The molecule has 0 spiro atoms. The summed E-state index contributed by atoms with van der Waals surface area (Å²) in [5.41, 5.74) is 3.34. The van der Waals surface area contributed by atoms with E-state index in [1.54, 1.807) is 0 Å². The molecule has 1 aromatic carbocycles. The summed E-state index contributed by atoms with van der Waals surface area (Å²) in [6.45, 7) is 2.94. The zero-order chi connectivity index (χ0) is 14.8. The Kier molecular flexibility index (Phi) is 4.08. The number of hydrogen-bond acceptors (Lipinski definition) is 5. The Bertz CT molecular complexity index is 618. The summed E-state index contributed by atoms with van der Waals surface area (Å²) in [6, 6.07) is 11.0. The third kappa shape index (κ3) is 3.01. The number of nitrogens with one attached hydrogen (secondary N) is 1. The molecule has 0 radical (unpaired) electrons. The molecule has 2 aromatic rings. The molecule has 1 N–H and O–H groups in total. The van der Waals surface area contributed by atoms with Crippen LogP contribution in [0.1, 0.15) is 18.4 Å². The highest BCUT2D eigenvalue weighted by Crippen LogP contribution is 2.33. The monoisotopic (exact) mass is 315 g/mol. The van der Waals surface area contributed by atoms with Gasteiger partial charge in [-0.2, -0.15) is 11.8 Å². The molecule has 0 amide bonds. The van der Waals surface area contributed by atoms with E-state index in [4.69, 9.17) is 4.52 Å². The number of aromatic nitrogens is 1. The van der Waals surface area contributed by atoms with Crippen molar-refractivity contribution >= 4 is 17.6 Å². The van der Waals surface area contributed by atoms with Gasteiger partial charge in [-0.15, -0.1) is 0 Å². The molecule has 1 saturated heterocycles. The molecular formula is C17H21N3OS. The number of anilines is 1. The predicted molar refractivity (Wildman–Crippen MR) is 91.3 cm³/mol. The van der Waals surface area contributed by atoms with E-state index in [1.807, 2.05) is 17.8 Å². The maximum absolute atomic E-state index is 5.77. The van der Waals surface area contributed by atoms with Gasteiger partial charge in [0.1, 0.15) is 5.69 Å². The lowest BCUT2D eigenvalue weighted by Gasteiger charge is -2.26. The van der Waals surface area contributed by atoms with Gasteiger partial charge in [0.05, 0.1) is 5.56 Å². The van der Waals surface area contributed by atoms with Crippen LogP contribution in [0.3, 0.4) is 0 Å². The molecule has 0 unspecified atom stereocenters. The van der Waals surface area contributed by atoms with Crippen LogP contribution in [0.5, 0.6) is 0 Å². The first-order chi connectivity index (χ1) is 10.9. The second-order valence-electron chi connectivity index (χ2n) is 5.94. The van der Waals surface area contributed by atoms with Gasteiger partial charge in [0.15, 0.2) is 0 Å². The second kappa shape index (κ2) is 6.34. The molecule has 116 valence electrons. The topological polar surface area (TPSA) is 41.3 Å². The number of hydrogen-bond donors (Lipinski definition) is 1. The summed E-state index contributed by atoms with van der Waals surface area (Å²) >= 11 is 2.01. The van der Waals surface area contributed by atoms with E-state index >= 15 is 0 Å². The molecular weight excluding hydrogens is 294 g/mol. The molecule has 22 heavy (non-hydrogen) atoms. The Morgan fingerprint density at radius 2 is 1.95 bits per heavy atom. The van der Waals surface area contributed by atoms with E-state index in [1.165, 1.54) is 18.4 Å². The third-order valence-electron chi connectivity index (χ3n) is 4.26. The average molecular weight is 315 g/mol. The molecule has 5 heteroatoms. The highest BCUT2D eigenvalue weighted by atomic mass is 32.2. The molecule has 4 nitrogen and oxygen atoms in total. The van der Waals surface area contributed by atoms with Crippen molar-refractivity contribution in [1.29, 1.82) is 0 Å². The molecule has 2 heterocycles. The van der Waals surface area contributed by atoms with Crippen molar-refractivity contribution in [2.75, 3.05) is 29.5 Å². The minimum atomic E-state index is 0.684. The maximum Gasteiger partial charge on any atom is 0.232 e. The van der Waals surface area contributed by atoms with Gasteiger partial charge in [-0.05, 0) is 12.8 Å². The van der Waals surface area contributed by atoms with Gasteiger partial charge >= 0.3 is 0 Å². The van der Waals surface area contributed by atoms with E-state index in [2.05, 4.69) is 39.6 Å². The van der Waals surface area contributed by atoms with Crippen LogP contribution in [0.2, 0.25) is 0 Å². The van der Waals surface area contributed by atoms with Crippen LogP contribution < -0.4 is 10.2 Å². The average Bonchev–Trinajstić information content (AvgIpc) is 3.32. The van der Waals surface area contributed by atoms with Crippen molar-refractivity contribution in [3.8, 4) is 11.3 Å². The lowest BCUT2D eigenvalue weighted by molar-refractivity contribution is 0.418. The van der Waals surface area contributed by atoms with Crippen LogP contribution in [0.15, 0.2) is 34.9 Å². The minimum absolute atomic E-state index is 0.684. The third-order valence-corrected chi connectivity index (χ3v) is 5.20. The molecule has 2 fully saturated rings. The predicted octanol–water partition coefficient (Wildman–Crippen LogP) is 3.15. The Hall–Kier alpha value is -1.46. The summed E-state index contributed by atoms with van der Waals surface area (Å²) in [7, 11) is 0. The largest absolute Gasteiger partial charge is 0.339 e. The van der Waals surface area contributed by atoms with Crippen molar-refractivity contribution < 1.29 is 4.52 Å². The molecule has 1 aliphatic heterocycles. The summed E-state index contributed by atoms with van der Waals surface area (Å²) in [4.78, 5) is 2.35. The van der Waals surface area contributed by atoms with Crippen molar-refractivity contribution in [2.45, 2.75) is 25.4 Å². The smallest absolute Gasteiger partial charge is 0.232 e. The molecule has 0 bridgehead atoms. The molecule has 0 atom stereocenters. The number of thioether (sulfide) groups is 1. The fourth-order valence-corrected chi connectivity index (χ4v) is 3.73. The van der Waals surface area contributed by atoms with Crippen LogP contribution >= 0.6 is 11.8 Å². The van der Waals surface area contributed by atoms with Crippen LogP contribution in [-0.2, 0) is 6.54 Å². The fraction of sp³-hybridized carbons (Fsp3) is 0.471. The molecule has 2 aliphatic rings. The van der Waals surface area contributed by atoms with Crippen LogP contribution in [0.4, 0.5) is 5.88 Å². The van der Waals surface area contributed by atoms with Crippen molar-refractivity contribution in [3.63, 3.8) is 0 Å². The van der Waals surface area contributed by atoms with Gasteiger partial charge in [0.25, 0.3) is 0 Å². The van der Waals surface area contributed by atoms with Gasteiger partial charge in [-0.3, -0.25) is 0 Å². The molecule has 1 aliphatic carbocycles. The second-order valence-corrected chi connectivity index (χ2v) is 7.16. The summed E-state index contributed by atoms with van der Waals surface area (Å²) in [5.74, 6) is 3.29. The number of rotatable bonds is 5. The van der Waals surface area contributed by atoms with Gasteiger partial charge in [-0.25, -0.2) is 0 Å². The van der Waals surface area contributed by atoms with Crippen molar-refractivity contribution in [3.05, 3.63) is 35.9 Å². The number of nitrogens with zero attached hydrogens (tertiary/aromatic N) is 2. The Morgan fingerprint density at radius 3 is 2.68 bits per heavy atom. The van der Waals surface area contributed by atoms with Gasteiger partial charge in [-0.1, -0.05) is 35.5 Å². The first-order valence-corrected chi connectivity index (χ1v) is 9.17. The van der Waals surface area contributed by atoms with E-state index in [0.29, 0.717) is 6.04 Å². The van der Waals surface area contributed by atoms with Gasteiger partial charge in [0.2, 0.25) is 5.88 Å². The van der Waals surface area contributed by atoms with Crippen molar-refractivity contribution in [2.24, 2.45) is 0 Å². The zero-order valence-electron chi connectivity index (χ0n) is 12.6. The lowest BCUT2D eigenvalue weighted by Crippen LogP contribution is -2.33. The first kappa shape index (κ1) is 14.2. The summed E-state index contributed by atoms with van der Waals surface area (Å²) in [6.07, 6.45) is 2.59. The Balaban J connectivity index is 1.65. The van der Waals surface area contributed by atoms with Crippen LogP contribution in [0, 0.1) is 0 Å². The zero-order valence-corrected chi connectivity index (χ0v) is 13.4. The fourth-order valence-electron chi connectivity index (χ4n) is 2.83. The number of benzene rings is 1. The van der Waals surface area contributed by atoms with Crippen LogP contribution in [-0.4, -0.2) is 35.8 Å². The quantitative estimate of drug-likeness (QED) is 0.918. The Morgan fingerprint density at radius 1 is 1.18 bits per heavy atom. The normalized spacial score (nSPS) is 18.6. The van der Waals surface area contributed by atoms with E-state index < -0.39 is 0 Å². The van der Waals surface area contributed by atoms with E-state index in [0.717, 1.165) is 48.3 Å². The molecule has 4 rings (SSSR count). The molecule has 1 aromatic heterocycles. The highest BCUT2D eigenvalue weighted by Gasteiger charge is 2.26. The maximum atomic E-state index is 5.77. The highest BCUT2D eigenvalue weighted by molar-refractivity contribution is 7.99. The van der Waals surface area contributed by atoms with Crippen LogP contribution in [0.25, 0.3) is 11.3 Å². The lowest BCUT2D eigenvalue weighted by atomic mass is 10.1. The van der Waals surface area contributed by atoms with Gasteiger partial charge < -0.3 is 14.7 Å². The molecule has 1 saturated carbocycles. The minimum Gasteiger partial charge on any atom is -0.339 e. The van der Waals surface area contributed by atoms with E-state index in [9.17, 15) is 0 Å².